The molecule has 1 aliphatic heterocycles. The zero-order valence-corrected chi connectivity index (χ0v) is 14.2. The Morgan fingerprint density at radius 1 is 1.08 bits per heavy atom. The van der Waals surface area contributed by atoms with Crippen molar-refractivity contribution in [3.05, 3.63) is 17.7 Å². The summed E-state index contributed by atoms with van der Waals surface area (Å²) in [5.74, 6) is 1.06. The number of nitriles is 1. The van der Waals surface area contributed by atoms with Crippen LogP contribution in [0.3, 0.4) is 0 Å². The van der Waals surface area contributed by atoms with Crippen LogP contribution < -0.4 is 9.47 Å². The Balaban J connectivity index is 2.26. The van der Waals surface area contributed by atoms with Crippen molar-refractivity contribution in [2.24, 2.45) is 4.99 Å². The minimum absolute atomic E-state index is 0.377. The average Bonchev–Trinajstić information content (AvgIpc) is 2.60. The summed E-state index contributed by atoms with van der Waals surface area (Å²) in [6.07, 6.45) is 1.69. The SMILES string of the molecule is CCN(C)/C=N/c1cc2c(cc1C#N)OCCOCCOCCO2. The van der Waals surface area contributed by atoms with Gasteiger partial charge in [0.1, 0.15) is 19.3 Å². The maximum Gasteiger partial charge on any atom is 0.163 e. The summed E-state index contributed by atoms with van der Waals surface area (Å²) in [6.45, 7) is 5.58. The normalized spacial score (nSPS) is 16.0. The van der Waals surface area contributed by atoms with Crippen LogP contribution in [0.2, 0.25) is 0 Å². The van der Waals surface area contributed by atoms with Gasteiger partial charge in [-0.05, 0) is 6.92 Å². The number of nitrogens with zero attached hydrogens (tertiary/aromatic N) is 3. The summed E-state index contributed by atoms with van der Waals surface area (Å²) < 4.78 is 22.3. The first kappa shape index (κ1) is 18.0. The maximum absolute atomic E-state index is 9.37. The summed E-state index contributed by atoms with van der Waals surface area (Å²) >= 11 is 0. The van der Waals surface area contributed by atoms with E-state index in [-0.39, 0.29) is 0 Å². The molecule has 7 heteroatoms. The third-order valence-electron chi connectivity index (χ3n) is 3.42. The third-order valence-corrected chi connectivity index (χ3v) is 3.42. The molecular formula is C17H23N3O4. The molecule has 0 radical (unpaired) electrons. The molecular weight excluding hydrogens is 310 g/mol. The van der Waals surface area contributed by atoms with E-state index in [1.807, 2.05) is 18.9 Å². The number of hydrogen-bond donors (Lipinski definition) is 0. The Hall–Kier alpha value is -2.30. The summed E-state index contributed by atoms with van der Waals surface area (Å²) in [6, 6.07) is 5.53. The van der Waals surface area contributed by atoms with Gasteiger partial charge in [-0.3, -0.25) is 0 Å². The largest absolute Gasteiger partial charge is 0.487 e. The molecule has 0 atom stereocenters. The molecule has 0 amide bonds. The van der Waals surface area contributed by atoms with Crippen molar-refractivity contribution in [2.45, 2.75) is 6.92 Å². The van der Waals surface area contributed by atoms with Crippen LogP contribution in [0.1, 0.15) is 12.5 Å². The van der Waals surface area contributed by atoms with E-state index in [0.717, 1.165) is 6.54 Å². The summed E-state index contributed by atoms with van der Waals surface area (Å²) in [5, 5.41) is 9.37. The Morgan fingerprint density at radius 2 is 1.67 bits per heavy atom. The molecule has 0 fully saturated rings. The van der Waals surface area contributed by atoms with E-state index < -0.39 is 0 Å². The molecule has 0 N–H and O–H groups in total. The van der Waals surface area contributed by atoms with Gasteiger partial charge >= 0.3 is 0 Å². The van der Waals surface area contributed by atoms with Crippen molar-refractivity contribution >= 4 is 12.0 Å². The van der Waals surface area contributed by atoms with E-state index in [0.29, 0.717) is 62.4 Å². The lowest BCUT2D eigenvalue weighted by molar-refractivity contribution is 0.0223. The summed E-state index contributed by atoms with van der Waals surface area (Å²) in [7, 11) is 1.92. The fraction of sp³-hybridized carbons (Fsp3) is 0.529. The van der Waals surface area contributed by atoms with Gasteiger partial charge in [-0.2, -0.15) is 5.26 Å². The van der Waals surface area contributed by atoms with Gasteiger partial charge in [0.2, 0.25) is 0 Å². The quantitative estimate of drug-likeness (QED) is 0.622. The molecule has 0 aromatic heterocycles. The molecule has 1 aliphatic rings. The van der Waals surface area contributed by atoms with Crippen molar-refractivity contribution < 1.29 is 18.9 Å². The van der Waals surface area contributed by atoms with Gasteiger partial charge in [0, 0.05) is 25.7 Å². The number of aliphatic imine (C=N–C) groups is 1. The second-order valence-corrected chi connectivity index (χ2v) is 5.17. The molecule has 2 rings (SSSR count). The van der Waals surface area contributed by atoms with Crippen LogP contribution in [0.5, 0.6) is 11.5 Å². The molecule has 0 unspecified atom stereocenters. The predicted octanol–water partition coefficient (Wildman–Crippen LogP) is 1.97. The van der Waals surface area contributed by atoms with Crippen molar-refractivity contribution in [2.75, 3.05) is 53.2 Å². The van der Waals surface area contributed by atoms with Gasteiger partial charge in [-0.25, -0.2) is 4.99 Å². The lowest BCUT2D eigenvalue weighted by Crippen LogP contribution is -2.16. The van der Waals surface area contributed by atoms with Crippen LogP contribution in [0.15, 0.2) is 17.1 Å². The Bertz CT molecular complexity index is 598. The number of rotatable bonds is 3. The van der Waals surface area contributed by atoms with Crippen LogP contribution in [-0.2, 0) is 9.47 Å². The van der Waals surface area contributed by atoms with E-state index in [1.165, 1.54) is 0 Å². The van der Waals surface area contributed by atoms with Crippen molar-refractivity contribution in [1.82, 2.24) is 4.90 Å². The molecule has 1 aromatic carbocycles. The molecule has 0 aliphatic carbocycles. The first-order valence-corrected chi connectivity index (χ1v) is 7.98. The predicted molar refractivity (Wildman–Crippen MR) is 90.2 cm³/mol. The number of fused-ring (bicyclic) bond motifs is 1. The zero-order valence-electron chi connectivity index (χ0n) is 14.2. The third kappa shape index (κ3) is 5.41. The smallest absolute Gasteiger partial charge is 0.163 e. The highest BCUT2D eigenvalue weighted by molar-refractivity contribution is 5.68. The highest BCUT2D eigenvalue weighted by atomic mass is 16.6. The first-order chi connectivity index (χ1) is 11.7. The summed E-state index contributed by atoms with van der Waals surface area (Å²) in [5.41, 5.74) is 0.978. The second-order valence-electron chi connectivity index (χ2n) is 5.17. The molecule has 130 valence electrons. The standard InChI is InChI=1S/C17H23N3O4/c1-3-20(2)13-19-15-11-17-16(10-14(15)12-18)23-8-6-21-4-5-22-7-9-24-17/h10-11,13H,3-9H2,1-2H3/b19-13+. The maximum atomic E-state index is 9.37. The minimum atomic E-state index is 0.377. The molecule has 0 spiro atoms. The van der Waals surface area contributed by atoms with Gasteiger partial charge < -0.3 is 23.8 Å². The van der Waals surface area contributed by atoms with Gasteiger partial charge in [0.05, 0.1) is 44.0 Å². The van der Waals surface area contributed by atoms with Gasteiger partial charge in [-0.15, -0.1) is 0 Å². The van der Waals surface area contributed by atoms with Crippen LogP contribution in [-0.4, -0.2) is 64.5 Å². The van der Waals surface area contributed by atoms with Crippen LogP contribution in [0, 0.1) is 11.3 Å². The molecule has 24 heavy (non-hydrogen) atoms. The lowest BCUT2D eigenvalue weighted by Gasteiger charge is -2.16. The monoisotopic (exact) mass is 333 g/mol. The lowest BCUT2D eigenvalue weighted by atomic mass is 10.1. The van der Waals surface area contributed by atoms with Gasteiger partial charge in [-0.1, -0.05) is 0 Å². The van der Waals surface area contributed by atoms with E-state index in [9.17, 15) is 5.26 Å². The van der Waals surface area contributed by atoms with Crippen molar-refractivity contribution in [3.63, 3.8) is 0 Å². The highest BCUT2D eigenvalue weighted by Crippen LogP contribution is 2.35. The molecule has 0 bridgehead atoms. The van der Waals surface area contributed by atoms with Crippen LogP contribution in [0.4, 0.5) is 5.69 Å². The molecule has 1 aromatic rings. The van der Waals surface area contributed by atoms with Crippen molar-refractivity contribution in [1.29, 1.82) is 5.26 Å². The highest BCUT2D eigenvalue weighted by Gasteiger charge is 2.13. The first-order valence-electron chi connectivity index (χ1n) is 7.98. The van der Waals surface area contributed by atoms with E-state index in [2.05, 4.69) is 11.1 Å². The minimum Gasteiger partial charge on any atom is -0.487 e. The van der Waals surface area contributed by atoms with Gasteiger partial charge in [0.15, 0.2) is 11.5 Å². The Kier molecular flexibility index (Phi) is 7.33. The number of hydrogen-bond acceptors (Lipinski definition) is 6. The van der Waals surface area contributed by atoms with Crippen LogP contribution in [0.25, 0.3) is 0 Å². The second kappa shape index (κ2) is 9.75. The number of ether oxygens (including phenoxy) is 4. The van der Waals surface area contributed by atoms with E-state index >= 15 is 0 Å². The fourth-order valence-electron chi connectivity index (χ4n) is 1.96. The molecule has 7 nitrogen and oxygen atoms in total. The van der Waals surface area contributed by atoms with E-state index in [4.69, 9.17) is 18.9 Å². The molecule has 0 saturated heterocycles. The van der Waals surface area contributed by atoms with Gasteiger partial charge in [0.25, 0.3) is 0 Å². The average molecular weight is 333 g/mol. The zero-order chi connectivity index (χ0) is 17.2. The Labute approximate surface area is 142 Å². The fourth-order valence-corrected chi connectivity index (χ4v) is 1.96. The molecule has 0 saturated carbocycles. The topological polar surface area (TPSA) is 76.3 Å². The van der Waals surface area contributed by atoms with Crippen molar-refractivity contribution in [3.8, 4) is 17.6 Å². The Morgan fingerprint density at radius 3 is 2.25 bits per heavy atom. The summed E-state index contributed by atoms with van der Waals surface area (Å²) in [4.78, 5) is 6.29. The van der Waals surface area contributed by atoms with Crippen LogP contribution >= 0.6 is 0 Å². The van der Waals surface area contributed by atoms with E-state index in [1.54, 1.807) is 18.5 Å². The molecule has 1 heterocycles. The number of benzene rings is 1.